The molecule has 3 nitrogen and oxygen atoms in total. The summed E-state index contributed by atoms with van der Waals surface area (Å²) < 4.78 is 0. The molecule has 1 aliphatic heterocycles. The van der Waals surface area contributed by atoms with Gasteiger partial charge in [-0.15, -0.1) is 0 Å². The molecule has 76 valence electrons. The summed E-state index contributed by atoms with van der Waals surface area (Å²) in [5.74, 6) is 0.785. The fraction of sp³-hybridized carbons (Fsp3) is 0.900. The van der Waals surface area contributed by atoms with Crippen molar-refractivity contribution < 1.29 is 5.21 Å². The number of nitrogens with zero attached hydrogens (tertiary/aromatic N) is 2. The minimum absolute atomic E-state index is 0.785. The fourth-order valence-corrected chi connectivity index (χ4v) is 1.66. The molecule has 0 aromatic rings. The molecule has 1 rings (SSSR count). The standard InChI is InChI=1S/C10H20N2O/c1-3-9(2)8-12-6-4-10(11-13)5-7-12/h9,13H,3-8H2,1-2H3. The first-order chi connectivity index (χ1) is 6.26. The third kappa shape index (κ3) is 3.35. The van der Waals surface area contributed by atoms with Crippen LogP contribution in [0, 0.1) is 5.92 Å². The lowest BCUT2D eigenvalue weighted by Gasteiger charge is -2.29. The van der Waals surface area contributed by atoms with Crippen molar-refractivity contribution in [2.45, 2.75) is 33.1 Å². The van der Waals surface area contributed by atoms with Crippen molar-refractivity contribution in [2.24, 2.45) is 11.1 Å². The van der Waals surface area contributed by atoms with Crippen LogP contribution < -0.4 is 0 Å². The van der Waals surface area contributed by atoms with Crippen molar-refractivity contribution in [3.8, 4) is 0 Å². The molecule has 1 fully saturated rings. The van der Waals surface area contributed by atoms with Gasteiger partial charge in [-0.05, 0) is 5.92 Å². The third-order valence-electron chi connectivity index (χ3n) is 2.84. The van der Waals surface area contributed by atoms with Gasteiger partial charge in [-0.1, -0.05) is 25.4 Å². The van der Waals surface area contributed by atoms with E-state index in [1.165, 1.54) is 13.0 Å². The Morgan fingerprint density at radius 1 is 1.46 bits per heavy atom. The van der Waals surface area contributed by atoms with E-state index in [-0.39, 0.29) is 0 Å². The van der Waals surface area contributed by atoms with Gasteiger partial charge in [0.05, 0.1) is 5.71 Å². The minimum atomic E-state index is 0.785. The number of hydrogen-bond acceptors (Lipinski definition) is 3. The monoisotopic (exact) mass is 184 g/mol. The molecular formula is C10H20N2O. The summed E-state index contributed by atoms with van der Waals surface area (Å²) in [7, 11) is 0. The lowest BCUT2D eigenvalue weighted by molar-refractivity contribution is 0.230. The Labute approximate surface area is 80.4 Å². The van der Waals surface area contributed by atoms with Gasteiger partial charge in [-0.2, -0.15) is 0 Å². The second-order valence-corrected chi connectivity index (χ2v) is 3.98. The molecule has 0 amide bonds. The molecule has 0 radical (unpaired) electrons. The summed E-state index contributed by atoms with van der Waals surface area (Å²) in [6.07, 6.45) is 3.12. The first-order valence-corrected chi connectivity index (χ1v) is 5.18. The molecule has 1 aliphatic rings. The van der Waals surface area contributed by atoms with Crippen molar-refractivity contribution in [3.63, 3.8) is 0 Å². The van der Waals surface area contributed by atoms with Crippen molar-refractivity contribution in [1.29, 1.82) is 0 Å². The van der Waals surface area contributed by atoms with Gasteiger partial charge >= 0.3 is 0 Å². The molecular weight excluding hydrogens is 164 g/mol. The van der Waals surface area contributed by atoms with E-state index >= 15 is 0 Å². The molecule has 0 bridgehead atoms. The van der Waals surface area contributed by atoms with Crippen LogP contribution >= 0.6 is 0 Å². The van der Waals surface area contributed by atoms with Gasteiger partial charge in [-0.3, -0.25) is 0 Å². The zero-order valence-electron chi connectivity index (χ0n) is 8.66. The Hall–Kier alpha value is -0.570. The van der Waals surface area contributed by atoms with E-state index in [0.29, 0.717) is 0 Å². The van der Waals surface area contributed by atoms with Crippen LogP contribution in [0.2, 0.25) is 0 Å². The summed E-state index contributed by atoms with van der Waals surface area (Å²) in [5.41, 5.74) is 0.959. The Bertz CT molecular complexity index is 170. The molecule has 1 atom stereocenters. The van der Waals surface area contributed by atoms with Gasteiger partial charge in [0.2, 0.25) is 0 Å². The highest BCUT2D eigenvalue weighted by atomic mass is 16.4. The van der Waals surface area contributed by atoms with Crippen LogP contribution in [-0.2, 0) is 0 Å². The molecule has 3 heteroatoms. The lowest BCUT2D eigenvalue weighted by atomic mass is 10.0. The van der Waals surface area contributed by atoms with E-state index in [9.17, 15) is 0 Å². The Kier molecular flexibility index (Phi) is 4.22. The van der Waals surface area contributed by atoms with Gasteiger partial charge in [0.1, 0.15) is 0 Å². The van der Waals surface area contributed by atoms with Crippen LogP contribution in [0.3, 0.4) is 0 Å². The maximum atomic E-state index is 8.57. The molecule has 0 saturated carbocycles. The molecule has 1 N–H and O–H groups in total. The topological polar surface area (TPSA) is 35.8 Å². The predicted octanol–water partition coefficient (Wildman–Crippen LogP) is 1.96. The van der Waals surface area contributed by atoms with E-state index in [4.69, 9.17) is 5.21 Å². The second kappa shape index (κ2) is 5.22. The molecule has 0 aromatic carbocycles. The van der Waals surface area contributed by atoms with E-state index in [1.807, 2.05) is 0 Å². The Morgan fingerprint density at radius 3 is 2.54 bits per heavy atom. The van der Waals surface area contributed by atoms with E-state index in [1.54, 1.807) is 0 Å². The number of likely N-dealkylation sites (tertiary alicyclic amines) is 1. The summed E-state index contributed by atoms with van der Waals surface area (Å²) in [4.78, 5) is 2.46. The molecule has 0 spiro atoms. The van der Waals surface area contributed by atoms with Crippen LogP contribution in [0.1, 0.15) is 33.1 Å². The Morgan fingerprint density at radius 2 is 2.08 bits per heavy atom. The average Bonchev–Trinajstić information content (AvgIpc) is 2.19. The normalized spacial score (nSPS) is 21.5. The number of hydrogen-bond donors (Lipinski definition) is 1. The van der Waals surface area contributed by atoms with Crippen molar-refractivity contribution in [3.05, 3.63) is 0 Å². The van der Waals surface area contributed by atoms with E-state index in [2.05, 4.69) is 23.9 Å². The van der Waals surface area contributed by atoms with Crippen molar-refractivity contribution >= 4 is 5.71 Å². The highest BCUT2D eigenvalue weighted by Crippen LogP contribution is 2.11. The zero-order valence-corrected chi connectivity index (χ0v) is 8.66. The SMILES string of the molecule is CCC(C)CN1CCC(=NO)CC1. The van der Waals surface area contributed by atoms with Crippen molar-refractivity contribution in [2.75, 3.05) is 19.6 Å². The van der Waals surface area contributed by atoms with Crippen LogP contribution in [-0.4, -0.2) is 35.5 Å². The number of rotatable bonds is 3. The quantitative estimate of drug-likeness (QED) is 0.537. The van der Waals surface area contributed by atoms with Gasteiger partial charge in [-0.25, -0.2) is 0 Å². The second-order valence-electron chi connectivity index (χ2n) is 3.98. The summed E-state index contributed by atoms with van der Waals surface area (Å²) in [5, 5.41) is 11.8. The molecule has 1 heterocycles. The van der Waals surface area contributed by atoms with Gasteiger partial charge in [0.15, 0.2) is 0 Å². The van der Waals surface area contributed by atoms with Crippen LogP contribution in [0.5, 0.6) is 0 Å². The summed E-state index contributed by atoms with van der Waals surface area (Å²) in [6.45, 7) is 7.83. The first kappa shape index (κ1) is 10.5. The molecule has 1 unspecified atom stereocenters. The number of oxime groups is 1. The van der Waals surface area contributed by atoms with Crippen LogP contribution in [0.4, 0.5) is 0 Å². The summed E-state index contributed by atoms with van der Waals surface area (Å²) in [6, 6.07) is 0. The lowest BCUT2D eigenvalue weighted by Crippen LogP contribution is -2.36. The maximum Gasteiger partial charge on any atom is 0.0596 e. The highest BCUT2D eigenvalue weighted by molar-refractivity contribution is 5.84. The molecule has 0 aliphatic carbocycles. The van der Waals surface area contributed by atoms with E-state index in [0.717, 1.165) is 37.6 Å². The molecule has 13 heavy (non-hydrogen) atoms. The fourth-order valence-electron chi connectivity index (χ4n) is 1.66. The highest BCUT2D eigenvalue weighted by Gasteiger charge is 2.16. The van der Waals surface area contributed by atoms with Crippen LogP contribution in [0.15, 0.2) is 5.16 Å². The maximum absolute atomic E-state index is 8.57. The predicted molar refractivity (Wildman–Crippen MR) is 54.4 cm³/mol. The largest absolute Gasteiger partial charge is 0.411 e. The molecule has 0 aromatic heterocycles. The van der Waals surface area contributed by atoms with Crippen LogP contribution in [0.25, 0.3) is 0 Å². The zero-order chi connectivity index (χ0) is 9.68. The van der Waals surface area contributed by atoms with Gasteiger partial charge < -0.3 is 10.1 Å². The van der Waals surface area contributed by atoms with E-state index < -0.39 is 0 Å². The molecule has 1 saturated heterocycles. The van der Waals surface area contributed by atoms with Crippen molar-refractivity contribution in [1.82, 2.24) is 4.90 Å². The minimum Gasteiger partial charge on any atom is -0.411 e. The third-order valence-corrected chi connectivity index (χ3v) is 2.84. The summed E-state index contributed by atoms with van der Waals surface area (Å²) >= 11 is 0. The van der Waals surface area contributed by atoms with Gasteiger partial charge in [0.25, 0.3) is 0 Å². The average molecular weight is 184 g/mol. The smallest absolute Gasteiger partial charge is 0.0596 e. The van der Waals surface area contributed by atoms with Gasteiger partial charge in [0, 0.05) is 32.5 Å². The first-order valence-electron chi connectivity index (χ1n) is 5.18. The number of piperidine rings is 1. The Balaban J connectivity index is 2.25.